The lowest BCUT2D eigenvalue weighted by atomic mass is 10.0. The van der Waals surface area contributed by atoms with Gasteiger partial charge >= 0.3 is 0 Å². The van der Waals surface area contributed by atoms with Crippen molar-refractivity contribution in [2.24, 2.45) is 4.99 Å². The molecule has 1 aromatic heterocycles. The van der Waals surface area contributed by atoms with Crippen molar-refractivity contribution < 1.29 is 0 Å². The van der Waals surface area contributed by atoms with Gasteiger partial charge in [-0.15, -0.1) is 11.3 Å². The highest BCUT2D eigenvalue weighted by Crippen LogP contribution is 2.19. The predicted octanol–water partition coefficient (Wildman–Crippen LogP) is 3.68. The average Bonchev–Trinajstić information content (AvgIpc) is 3.22. The molecule has 0 saturated carbocycles. The van der Waals surface area contributed by atoms with E-state index in [0.717, 1.165) is 45.0 Å². The third-order valence-electron chi connectivity index (χ3n) is 5.01. The lowest BCUT2D eigenvalue weighted by Gasteiger charge is -2.33. The average molecular weight is 371 g/mol. The van der Waals surface area contributed by atoms with Crippen LogP contribution in [0.2, 0.25) is 0 Å². The molecule has 1 saturated heterocycles. The first-order valence-corrected chi connectivity index (χ1v) is 10.4. The molecule has 4 nitrogen and oxygen atoms in total. The lowest BCUT2D eigenvalue weighted by molar-refractivity contribution is 0.198. The van der Waals surface area contributed by atoms with E-state index in [1.807, 2.05) is 18.4 Å². The van der Waals surface area contributed by atoms with E-state index in [4.69, 9.17) is 0 Å². The number of benzene rings is 1. The quantitative estimate of drug-likeness (QED) is 0.602. The Morgan fingerprint density at radius 2 is 1.96 bits per heavy atom. The fourth-order valence-corrected chi connectivity index (χ4v) is 4.17. The maximum absolute atomic E-state index is 4.41. The van der Waals surface area contributed by atoms with Crippen LogP contribution >= 0.6 is 11.3 Å². The highest BCUT2D eigenvalue weighted by molar-refractivity contribution is 7.10. The van der Waals surface area contributed by atoms with Crippen molar-refractivity contribution in [3.8, 4) is 0 Å². The minimum absolute atomic E-state index is 0.501. The molecule has 0 spiro atoms. The van der Waals surface area contributed by atoms with Gasteiger partial charge < -0.3 is 10.6 Å². The number of thiophene rings is 1. The SMILES string of the molecule is CN=C(NCC(C)c1cccs1)NC1CCN(Cc2ccccc2)CC1. The van der Waals surface area contributed by atoms with Crippen molar-refractivity contribution in [3.63, 3.8) is 0 Å². The number of piperidine rings is 1. The van der Waals surface area contributed by atoms with E-state index >= 15 is 0 Å². The monoisotopic (exact) mass is 370 g/mol. The molecule has 0 amide bonds. The van der Waals surface area contributed by atoms with Gasteiger partial charge in [0.15, 0.2) is 5.96 Å². The van der Waals surface area contributed by atoms with Gasteiger partial charge in [-0.2, -0.15) is 0 Å². The highest BCUT2D eigenvalue weighted by atomic mass is 32.1. The fraction of sp³-hybridized carbons (Fsp3) is 0.476. The molecular weight excluding hydrogens is 340 g/mol. The molecule has 0 radical (unpaired) electrons. The summed E-state index contributed by atoms with van der Waals surface area (Å²) in [5.74, 6) is 1.43. The number of nitrogens with zero attached hydrogens (tertiary/aromatic N) is 2. The van der Waals surface area contributed by atoms with E-state index in [0.29, 0.717) is 12.0 Å². The number of guanidine groups is 1. The second-order valence-electron chi connectivity index (χ2n) is 7.05. The summed E-state index contributed by atoms with van der Waals surface area (Å²) < 4.78 is 0. The number of hydrogen-bond donors (Lipinski definition) is 2. The van der Waals surface area contributed by atoms with E-state index in [1.165, 1.54) is 10.4 Å². The highest BCUT2D eigenvalue weighted by Gasteiger charge is 2.20. The van der Waals surface area contributed by atoms with Crippen LogP contribution in [0.3, 0.4) is 0 Å². The molecule has 1 unspecified atom stereocenters. The Hall–Kier alpha value is -1.85. The Bertz CT molecular complexity index is 661. The third kappa shape index (κ3) is 5.58. The summed E-state index contributed by atoms with van der Waals surface area (Å²) in [4.78, 5) is 8.37. The molecule has 140 valence electrons. The van der Waals surface area contributed by atoms with Gasteiger partial charge in [0.25, 0.3) is 0 Å². The van der Waals surface area contributed by atoms with Crippen LogP contribution in [0.25, 0.3) is 0 Å². The summed E-state index contributed by atoms with van der Waals surface area (Å²) >= 11 is 1.82. The van der Waals surface area contributed by atoms with Gasteiger partial charge in [0.1, 0.15) is 0 Å². The summed E-state index contributed by atoms with van der Waals surface area (Å²) in [6.07, 6.45) is 2.32. The molecule has 5 heteroatoms. The summed E-state index contributed by atoms with van der Waals surface area (Å²) in [7, 11) is 1.86. The van der Waals surface area contributed by atoms with Crippen molar-refractivity contribution in [2.45, 2.75) is 38.3 Å². The maximum Gasteiger partial charge on any atom is 0.191 e. The van der Waals surface area contributed by atoms with Crippen molar-refractivity contribution >= 4 is 17.3 Å². The molecule has 0 aliphatic carbocycles. The second-order valence-corrected chi connectivity index (χ2v) is 8.03. The molecule has 1 fully saturated rings. The van der Waals surface area contributed by atoms with Gasteiger partial charge in [-0.1, -0.05) is 43.3 Å². The largest absolute Gasteiger partial charge is 0.356 e. The lowest BCUT2D eigenvalue weighted by Crippen LogP contribution is -2.49. The molecule has 1 aromatic carbocycles. The first-order chi connectivity index (χ1) is 12.7. The zero-order valence-electron chi connectivity index (χ0n) is 15.8. The number of nitrogens with one attached hydrogen (secondary N) is 2. The van der Waals surface area contributed by atoms with Gasteiger partial charge in [0.2, 0.25) is 0 Å². The molecule has 1 atom stereocenters. The van der Waals surface area contributed by atoms with Crippen LogP contribution in [0, 0.1) is 0 Å². The Morgan fingerprint density at radius 3 is 2.62 bits per heavy atom. The summed E-state index contributed by atoms with van der Waals surface area (Å²) in [5, 5.41) is 9.24. The molecule has 3 rings (SSSR count). The van der Waals surface area contributed by atoms with Gasteiger partial charge in [-0.25, -0.2) is 0 Å². The Kier molecular flexibility index (Phi) is 7.09. The maximum atomic E-state index is 4.41. The van der Waals surface area contributed by atoms with Crippen molar-refractivity contribution in [1.82, 2.24) is 15.5 Å². The number of rotatable bonds is 6. The van der Waals surface area contributed by atoms with Gasteiger partial charge in [0, 0.05) is 50.1 Å². The molecule has 2 N–H and O–H groups in total. The van der Waals surface area contributed by atoms with Crippen molar-refractivity contribution in [3.05, 3.63) is 58.3 Å². The summed E-state index contributed by atoms with van der Waals surface area (Å²) in [6, 6.07) is 15.6. The molecule has 0 bridgehead atoms. The van der Waals surface area contributed by atoms with E-state index in [-0.39, 0.29) is 0 Å². The van der Waals surface area contributed by atoms with Crippen LogP contribution in [0.5, 0.6) is 0 Å². The van der Waals surface area contributed by atoms with Crippen molar-refractivity contribution in [2.75, 3.05) is 26.7 Å². The Labute approximate surface area is 161 Å². The molecule has 2 aromatic rings. The minimum Gasteiger partial charge on any atom is -0.356 e. The van der Waals surface area contributed by atoms with E-state index in [1.54, 1.807) is 0 Å². The number of likely N-dealkylation sites (tertiary alicyclic amines) is 1. The van der Waals surface area contributed by atoms with Crippen LogP contribution in [-0.2, 0) is 6.54 Å². The molecular formula is C21H30N4S. The first-order valence-electron chi connectivity index (χ1n) is 9.51. The normalized spacial score (nSPS) is 17.8. The second kappa shape index (κ2) is 9.74. The van der Waals surface area contributed by atoms with Crippen LogP contribution < -0.4 is 10.6 Å². The van der Waals surface area contributed by atoms with E-state index in [9.17, 15) is 0 Å². The Morgan fingerprint density at radius 1 is 1.19 bits per heavy atom. The topological polar surface area (TPSA) is 39.7 Å². The van der Waals surface area contributed by atoms with Crippen LogP contribution in [0.4, 0.5) is 0 Å². The minimum atomic E-state index is 0.501. The van der Waals surface area contributed by atoms with Crippen molar-refractivity contribution in [1.29, 1.82) is 0 Å². The smallest absolute Gasteiger partial charge is 0.191 e. The van der Waals surface area contributed by atoms with E-state index < -0.39 is 0 Å². The van der Waals surface area contributed by atoms with Gasteiger partial charge in [-0.05, 0) is 29.9 Å². The third-order valence-corrected chi connectivity index (χ3v) is 6.11. The summed E-state index contributed by atoms with van der Waals surface area (Å²) in [6.45, 7) is 6.49. The molecule has 1 aliphatic heterocycles. The molecule has 26 heavy (non-hydrogen) atoms. The fourth-order valence-electron chi connectivity index (χ4n) is 3.39. The zero-order valence-corrected chi connectivity index (χ0v) is 16.6. The van der Waals surface area contributed by atoms with Crippen LogP contribution in [0.15, 0.2) is 52.8 Å². The van der Waals surface area contributed by atoms with Gasteiger partial charge in [0.05, 0.1) is 0 Å². The predicted molar refractivity (Wildman–Crippen MR) is 112 cm³/mol. The molecule has 1 aliphatic rings. The van der Waals surface area contributed by atoms with E-state index in [2.05, 4.69) is 75.3 Å². The summed E-state index contributed by atoms with van der Waals surface area (Å²) in [5.41, 5.74) is 1.40. The van der Waals surface area contributed by atoms with Crippen LogP contribution in [-0.4, -0.2) is 43.6 Å². The standard InChI is InChI=1S/C21H30N4S/c1-17(20-9-6-14-26-20)15-23-21(22-2)24-19-10-12-25(13-11-19)16-18-7-4-3-5-8-18/h3-9,14,17,19H,10-13,15-16H2,1-2H3,(H2,22,23,24). The number of aliphatic imine (C=N–C) groups is 1. The van der Waals surface area contributed by atoms with Gasteiger partial charge in [-0.3, -0.25) is 9.89 Å². The number of hydrogen-bond acceptors (Lipinski definition) is 3. The zero-order chi connectivity index (χ0) is 18.2. The first kappa shape index (κ1) is 18.9. The molecule has 2 heterocycles. The Balaban J connectivity index is 1.40. The van der Waals surface area contributed by atoms with Crippen LogP contribution in [0.1, 0.15) is 36.1 Å².